The molecule has 0 amide bonds. The average Bonchev–Trinajstić information content (AvgIpc) is 2.44. The maximum atomic E-state index is 5.94. The van der Waals surface area contributed by atoms with Crippen LogP contribution in [0.1, 0.15) is 44.9 Å². The lowest BCUT2D eigenvalue weighted by Gasteiger charge is -2.22. The van der Waals surface area contributed by atoms with Crippen molar-refractivity contribution in [2.45, 2.75) is 51.6 Å². The Morgan fingerprint density at radius 2 is 2.11 bits per heavy atom. The number of hydrogen-bond donors (Lipinski definition) is 1. The van der Waals surface area contributed by atoms with Gasteiger partial charge in [0.05, 0.1) is 12.7 Å². The molecule has 106 valence electrons. The number of nitrogens with one attached hydrogen (secondary N) is 1. The minimum absolute atomic E-state index is 0.454. The van der Waals surface area contributed by atoms with E-state index in [0.29, 0.717) is 17.9 Å². The van der Waals surface area contributed by atoms with Gasteiger partial charge in [-0.25, -0.2) is 9.97 Å². The van der Waals surface area contributed by atoms with Crippen LogP contribution in [0.3, 0.4) is 0 Å². The van der Waals surface area contributed by atoms with E-state index < -0.39 is 0 Å². The maximum absolute atomic E-state index is 5.94. The highest BCUT2D eigenvalue weighted by atomic mass is 35.5. The number of anilines is 1. The fourth-order valence-electron chi connectivity index (χ4n) is 2.35. The van der Waals surface area contributed by atoms with Crippen molar-refractivity contribution in [1.29, 1.82) is 0 Å². The normalized spacial score (nSPS) is 16.5. The molecular formula is C14H22ClN3O. The zero-order chi connectivity index (χ0) is 13.5. The molecule has 2 rings (SSSR count). The first-order valence-electron chi connectivity index (χ1n) is 7.17. The van der Waals surface area contributed by atoms with Gasteiger partial charge in [-0.3, -0.25) is 0 Å². The van der Waals surface area contributed by atoms with Gasteiger partial charge in [0, 0.05) is 19.0 Å². The lowest BCUT2D eigenvalue weighted by Crippen LogP contribution is -2.20. The summed E-state index contributed by atoms with van der Waals surface area (Å²) in [6.45, 7) is 3.49. The van der Waals surface area contributed by atoms with E-state index in [-0.39, 0.29) is 0 Å². The number of aromatic nitrogens is 2. The summed E-state index contributed by atoms with van der Waals surface area (Å²) in [6.07, 6.45) is 7.62. The molecule has 19 heavy (non-hydrogen) atoms. The van der Waals surface area contributed by atoms with Crippen molar-refractivity contribution >= 4 is 17.4 Å². The molecule has 0 saturated heterocycles. The summed E-state index contributed by atoms with van der Waals surface area (Å²) in [6, 6.07) is 1.75. The molecule has 1 aromatic rings. The molecule has 0 spiro atoms. The summed E-state index contributed by atoms with van der Waals surface area (Å²) in [5.74, 6) is 1.55. The number of hydrogen-bond acceptors (Lipinski definition) is 4. The molecule has 1 N–H and O–H groups in total. The van der Waals surface area contributed by atoms with Gasteiger partial charge in [-0.15, -0.1) is 0 Å². The van der Waals surface area contributed by atoms with Gasteiger partial charge in [-0.05, 0) is 12.8 Å². The molecule has 0 aliphatic heterocycles. The van der Waals surface area contributed by atoms with E-state index in [1.54, 1.807) is 6.07 Å². The third-order valence-electron chi connectivity index (χ3n) is 3.37. The van der Waals surface area contributed by atoms with Crippen molar-refractivity contribution < 1.29 is 4.74 Å². The Labute approximate surface area is 119 Å². The molecule has 1 heterocycles. The van der Waals surface area contributed by atoms with Crippen molar-refractivity contribution in [3.63, 3.8) is 0 Å². The lowest BCUT2D eigenvalue weighted by molar-refractivity contribution is 0.0347. The average molecular weight is 284 g/mol. The zero-order valence-corrected chi connectivity index (χ0v) is 12.2. The number of rotatable bonds is 6. The molecule has 0 unspecified atom stereocenters. The van der Waals surface area contributed by atoms with E-state index >= 15 is 0 Å². The van der Waals surface area contributed by atoms with Crippen LogP contribution in [0.4, 0.5) is 5.82 Å². The van der Waals surface area contributed by atoms with Gasteiger partial charge in [0.25, 0.3) is 0 Å². The van der Waals surface area contributed by atoms with Gasteiger partial charge in [0.15, 0.2) is 0 Å². The summed E-state index contributed by atoms with van der Waals surface area (Å²) in [7, 11) is 0. The minimum atomic E-state index is 0.454. The highest BCUT2D eigenvalue weighted by Crippen LogP contribution is 2.20. The van der Waals surface area contributed by atoms with Crippen LogP contribution >= 0.6 is 11.6 Å². The molecule has 4 nitrogen and oxygen atoms in total. The fourth-order valence-corrected chi connectivity index (χ4v) is 2.55. The summed E-state index contributed by atoms with van der Waals surface area (Å²) in [5, 5.41) is 3.73. The SMILES string of the molecule is CCc1nc(Cl)cc(NCCOC2CCCCC2)n1. The Balaban J connectivity index is 1.71. The first-order chi connectivity index (χ1) is 9.28. The molecule has 1 aliphatic rings. The first-order valence-corrected chi connectivity index (χ1v) is 7.54. The molecule has 5 heteroatoms. The second-order valence-electron chi connectivity index (χ2n) is 4.90. The standard InChI is InChI=1S/C14H22ClN3O/c1-2-13-17-12(15)10-14(18-13)16-8-9-19-11-6-4-3-5-7-11/h10-11H,2-9H2,1H3,(H,16,17,18). The quantitative estimate of drug-likeness (QED) is 0.642. The van der Waals surface area contributed by atoms with Gasteiger partial charge in [-0.2, -0.15) is 0 Å². The number of halogens is 1. The number of aryl methyl sites for hydroxylation is 1. The van der Waals surface area contributed by atoms with Crippen molar-refractivity contribution in [2.24, 2.45) is 0 Å². The third-order valence-corrected chi connectivity index (χ3v) is 3.56. The Kier molecular flexibility index (Phi) is 5.86. The van der Waals surface area contributed by atoms with Gasteiger partial charge < -0.3 is 10.1 Å². The fraction of sp³-hybridized carbons (Fsp3) is 0.714. The van der Waals surface area contributed by atoms with Crippen molar-refractivity contribution in [1.82, 2.24) is 9.97 Å². The molecule has 1 aliphatic carbocycles. The van der Waals surface area contributed by atoms with E-state index in [4.69, 9.17) is 16.3 Å². The van der Waals surface area contributed by atoms with Gasteiger partial charge >= 0.3 is 0 Å². The van der Waals surface area contributed by atoms with Crippen LogP contribution in [0.2, 0.25) is 5.15 Å². The summed E-state index contributed by atoms with van der Waals surface area (Å²) < 4.78 is 5.85. The molecule has 1 aromatic heterocycles. The van der Waals surface area contributed by atoms with Gasteiger partial charge in [-0.1, -0.05) is 37.8 Å². The Hall–Kier alpha value is -0.870. The van der Waals surface area contributed by atoms with Crippen molar-refractivity contribution in [3.8, 4) is 0 Å². The second-order valence-corrected chi connectivity index (χ2v) is 5.29. The molecule has 0 radical (unpaired) electrons. The number of nitrogens with zero attached hydrogens (tertiary/aromatic N) is 2. The van der Waals surface area contributed by atoms with Crippen LogP contribution in [0.5, 0.6) is 0 Å². The Morgan fingerprint density at radius 3 is 2.84 bits per heavy atom. The van der Waals surface area contributed by atoms with E-state index in [1.807, 2.05) is 6.92 Å². The van der Waals surface area contributed by atoms with E-state index in [1.165, 1.54) is 32.1 Å². The summed E-state index contributed by atoms with van der Waals surface area (Å²) in [4.78, 5) is 8.51. The molecule has 1 saturated carbocycles. The third kappa shape index (κ3) is 4.96. The maximum Gasteiger partial charge on any atom is 0.134 e. The zero-order valence-electron chi connectivity index (χ0n) is 11.5. The van der Waals surface area contributed by atoms with Crippen LogP contribution < -0.4 is 5.32 Å². The molecule has 0 aromatic carbocycles. The smallest absolute Gasteiger partial charge is 0.134 e. The van der Waals surface area contributed by atoms with Crippen LogP contribution in [0.25, 0.3) is 0 Å². The Morgan fingerprint density at radius 1 is 1.32 bits per heavy atom. The monoisotopic (exact) mass is 283 g/mol. The second kappa shape index (κ2) is 7.65. The predicted octanol–water partition coefficient (Wildman–Crippen LogP) is 3.45. The van der Waals surface area contributed by atoms with Gasteiger partial charge in [0.2, 0.25) is 0 Å². The van der Waals surface area contributed by atoms with Crippen LogP contribution in [0.15, 0.2) is 6.07 Å². The van der Waals surface area contributed by atoms with Crippen LogP contribution in [-0.4, -0.2) is 29.2 Å². The molecule has 1 fully saturated rings. The van der Waals surface area contributed by atoms with Crippen molar-refractivity contribution in [2.75, 3.05) is 18.5 Å². The minimum Gasteiger partial charge on any atom is -0.376 e. The van der Waals surface area contributed by atoms with E-state index in [2.05, 4.69) is 15.3 Å². The Bertz CT molecular complexity index is 394. The highest BCUT2D eigenvalue weighted by Gasteiger charge is 2.13. The number of ether oxygens (including phenoxy) is 1. The van der Waals surface area contributed by atoms with E-state index in [9.17, 15) is 0 Å². The van der Waals surface area contributed by atoms with Gasteiger partial charge in [0.1, 0.15) is 16.8 Å². The van der Waals surface area contributed by atoms with Crippen molar-refractivity contribution in [3.05, 3.63) is 17.0 Å². The molecular weight excluding hydrogens is 262 g/mol. The summed E-state index contributed by atoms with van der Waals surface area (Å²) >= 11 is 5.94. The van der Waals surface area contributed by atoms with E-state index in [0.717, 1.165) is 24.6 Å². The molecule has 0 bridgehead atoms. The van der Waals surface area contributed by atoms with Crippen LogP contribution in [-0.2, 0) is 11.2 Å². The summed E-state index contributed by atoms with van der Waals surface area (Å²) in [5.41, 5.74) is 0. The lowest BCUT2D eigenvalue weighted by atomic mass is 9.98. The highest BCUT2D eigenvalue weighted by molar-refractivity contribution is 6.29. The topological polar surface area (TPSA) is 47.0 Å². The first kappa shape index (κ1) is 14.5. The largest absolute Gasteiger partial charge is 0.376 e. The van der Waals surface area contributed by atoms with Crippen LogP contribution in [0, 0.1) is 0 Å². The predicted molar refractivity (Wildman–Crippen MR) is 77.7 cm³/mol. The molecule has 0 atom stereocenters.